The minimum Gasteiger partial charge on any atom is -0.487 e. The molecule has 1 aromatic carbocycles. The van der Waals surface area contributed by atoms with E-state index < -0.39 is 58.4 Å². The number of nitrogens with zero attached hydrogens (tertiary/aromatic N) is 3. The van der Waals surface area contributed by atoms with Crippen LogP contribution in [0.15, 0.2) is 28.3 Å². The fourth-order valence-corrected chi connectivity index (χ4v) is 6.02. The predicted octanol–water partition coefficient (Wildman–Crippen LogP) is 3.92. The van der Waals surface area contributed by atoms with Crippen LogP contribution >= 0.6 is 0 Å². The maximum Gasteiger partial charge on any atom is 0.274 e. The van der Waals surface area contributed by atoms with Crippen LogP contribution < -0.4 is 15.5 Å². The van der Waals surface area contributed by atoms with Crippen LogP contribution in [0.5, 0.6) is 5.75 Å². The Balaban J connectivity index is 1.62. The van der Waals surface area contributed by atoms with Gasteiger partial charge in [-0.15, -0.1) is 0 Å². The van der Waals surface area contributed by atoms with Gasteiger partial charge < -0.3 is 29.1 Å². The van der Waals surface area contributed by atoms with Crippen LogP contribution in [0.4, 0.5) is 13.2 Å². The van der Waals surface area contributed by atoms with E-state index in [1.807, 2.05) is 20.8 Å². The molecule has 0 saturated carbocycles. The normalized spacial score (nSPS) is 24.5. The predicted molar refractivity (Wildman–Crippen MR) is 145 cm³/mol. The molecule has 2 bridgehead atoms. The van der Waals surface area contributed by atoms with E-state index in [0.717, 1.165) is 6.42 Å². The Hall–Kier alpha value is -4.03. The van der Waals surface area contributed by atoms with Crippen molar-refractivity contribution in [3.05, 3.63) is 62.8 Å². The van der Waals surface area contributed by atoms with Gasteiger partial charge in [-0.1, -0.05) is 18.5 Å². The molecule has 3 aliphatic heterocycles. The van der Waals surface area contributed by atoms with Crippen LogP contribution in [-0.4, -0.2) is 59.1 Å². The first-order chi connectivity index (χ1) is 20.0. The number of methoxy groups -OCH3 is 1. The number of fused-ring (bicyclic) bond motifs is 5. The molecule has 42 heavy (non-hydrogen) atoms. The molecule has 1 fully saturated rings. The summed E-state index contributed by atoms with van der Waals surface area (Å²) in [4.78, 5) is 48.8. The van der Waals surface area contributed by atoms with Gasteiger partial charge in [-0.2, -0.15) is 0 Å². The SMILES string of the molecule is CCCCOc1c2n(cc(C(=O)NCc3c(F)cc(F)cc3F)c1=O)[C@@H]1CN(C2=O)[C@@H](C)CC[C@@]12ON=C(OC)[C@@H]2C. The third kappa shape index (κ3) is 4.78. The van der Waals surface area contributed by atoms with E-state index in [1.165, 1.54) is 13.3 Å². The van der Waals surface area contributed by atoms with Crippen LogP contribution in [0.2, 0.25) is 0 Å². The number of halogens is 3. The summed E-state index contributed by atoms with van der Waals surface area (Å²) in [6.07, 6.45) is 3.71. The third-order valence-electron chi connectivity index (χ3n) is 8.55. The van der Waals surface area contributed by atoms with Crippen LogP contribution in [0.25, 0.3) is 0 Å². The Morgan fingerprint density at radius 1 is 1.21 bits per heavy atom. The summed E-state index contributed by atoms with van der Waals surface area (Å²) in [7, 11) is 1.49. The lowest BCUT2D eigenvalue weighted by molar-refractivity contribution is -0.0866. The van der Waals surface area contributed by atoms with E-state index in [-0.39, 0.29) is 42.1 Å². The summed E-state index contributed by atoms with van der Waals surface area (Å²) in [6.45, 7) is 5.46. The van der Waals surface area contributed by atoms with Crippen molar-refractivity contribution >= 4 is 17.7 Å². The summed E-state index contributed by atoms with van der Waals surface area (Å²) < 4.78 is 54.7. The van der Waals surface area contributed by atoms with Crippen molar-refractivity contribution in [1.82, 2.24) is 14.8 Å². The van der Waals surface area contributed by atoms with Gasteiger partial charge in [0.25, 0.3) is 11.8 Å². The molecule has 1 N–H and O–H groups in total. The largest absolute Gasteiger partial charge is 0.487 e. The number of ether oxygens (including phenoxy) is 2. The van der Waals surface area contributed by atoms with Gasteiger partial charge in [-0.3, -0.25) is 14.4 Å². The molecule has 2 amide bonds. The van der Waals surface area contributed by atoms with Crippen molar-refractivity contribution in [3.63, 3.8) is 0 Å². The van der Waals surface area contributed by atoms with Crippen LogP contribution in [0.1, 0.15) is 78.9 Å². The maximum absolute atomic E-state index is 14.2. The summed E-state index contributed by atoms with van der Waals surface area (Å²) >= 11 is 0. The molecule has 4 heterocycles. The number of hydrogen-bond donors (Lipinski definition) is 1. The highest BCUT2D eigenvalue weighted by atomic mass is 19.1. The molecule has 0 radical (unpaired) electrons. The lowest BCUT2D eigenvalue weighted by atomic mass is 9.78. The summed E-state index contributed by atoms with van der Waals surface area (Å²) in [5.74, 6) is -5.05. The molecule has 1 aromatic heterocycles. The fraction of sp³-hybridized carbons (Fsp3) is 0.517. The van der Waals surface area contributed by atoms with Crippen molar-refractivity contribution in [2.75, 3.05) is 20.3 Å². The zero-order valence-electron chi connectivity index (χ0n) is 23.8. The van der Waals surface area contributed by atoms with Gasteiger partial charge in [0.1, 0.15) is 23.0 Å². The second kappa shape index (κ2) is 11.3. The number of benzene rings is 1. The average molecular weight is 591 g/mol. The Kier molecular flexibility index (Phi) is 7.95. The van der Waals surface area contributed by atoms with Crippen molar-refractivity contribution in [2.24, 2.45) is 11.1 Å². The van der Waals surface area contributed by atoms with Gasteiger partial charge in [0.2, 0.25) is 11.3 Å². The minimum absolute atomic E-state index is 0.00526. The Morgan fingerprint density at radius 2 is 1.93 bits per heavy atom. The first-order valence-electron chi connectivity index (χ1n) is 14.0. The maximum atomic E-state index is 14.2. The van der Waals surface area contributed by atoms with Crippen molar-refractivity contribution in [2.45, 2.75) is 70.7 Å². The molecule has 1 saturated heterocycles. The van der Waals surface area contributed by atoms with Gasteiger partial charge in [0.05, 0.1) is 25.7 Å². The standard InChI is InChI=1S/C29H33F3N4O6/c1-5-6-9-41-25-23-28(39)35-14-22(29(8-7-15(35)2)16(3)27(40-4)34-42-29)36(23)13-19(24(25)37)26(38)33-12-18-20(31)10-17(30)11-21(18)32/h10-11,13,15-16,22H,5-9,12,14H2,1-4H3,(H,33,38)/t15-,16-,22+,29-/m0/s1. The Labute approximate surface area is 240 Å². The van der Waals surface area contributed by atoms with Gasteiger partial charge in [0.15, 0.2) is 17.0 Å². The zero-order valence-corrected chi connectivity index (χ0v) is 23.8. The molecule has 0 aliphatic carbocycles. The number of carbonyl (C=O) groups excluding carboxylic acids is 2. The Bertz CT molecular complexity index is 1490. The number of rotatable bonds is 7. The molecule has 2 aromatic rings. The number of pyridine rings is 1. The number of carbonyl (C=O) groups is 2. The van der Waals surface area contributed by atoms with E-state index in [9.17, 15) is 27.6 Å². The number of oxime groups is 1. The zero-order chi connectivity index (χ0) is 30.3. The summed E-state index contributed by atoms with van der Waals surface area (Å²) in [6, 6.07) is 0.230. The van der Waals surface area contributed by atoms with Crippen LogP contribution in [-0.2, 0) is 16.1 Å². The monoisotopic (exact) mass is 590 g/mol. The summed E-state index contributed by atoms with van der Waals surface area (Å²) in [5, 5.41) is 6.52. The molecular weight excluding hydrogens is 557 g/mol. The van der Waals surface area contributed by atoms with Gasteiger partial charge in [-0.25, -0.2) is 13.2 Å². The molecule has 226 valence electrons. The third-order valence-corrected chi connectivity index (χ3v) is 8.55. The lowest BCUT2D eigenvalue weighted by Gasteiger charge is -2.43. The molecule has 3 aliphatic rings. The number of hydrogen-bond acceptors (Lipinski definition) is 7. The quantitative estimate of drug-likeness (QED) is 0.490. The lowest BCUT2D eigenvalue weighted by Crippen LogP contribution is -2.54. The van der Waals surface area contributed by atoms with Gasteiger partial charge >= 0.3 is 0 Å². The molecule has 13 heteroatoms. The Morgan fingerprint density at radius 3 is 2.57 bits per heavy atom. The van der Waals surface area contributed by atoms with Crippen molar-refractivity contribution < 1.29 is 37.1 Å². The first kappa shape index (κ1) is 29.5. The molecule has 1 spiro atoms. The van der Waals surface area contributed by atoms with Gasteiger partial charge in [-0.05, 0) is 33.1 Å². The first-order valence-corrected chi connectivity index (χ1v) is 14.0. The number of nitrogens with one attached hydrogen (secondary N) is 1. The van der Waals surface area contributed by atoms with Gasteiger partial charge in [0, 0.05) is 43.0 Å². The van der Waals surface area contributed by atoms with Crippen LogP contribution in [0.3, 0.4) is 0 Å². The highest BCUT2D eigenvalue weighted by Gasteiger charge is 2.58. The number of amides is 2. The molecule has 10 nitrogen and oxygen atoms in total. The molecular formula is C29H33F3N4O6. The minimum atomic E-state index is -1.18. The van der Waals surface area contributed by atoms with Crippen molar-refractivity contribution in [1.29, 1.82) is 0 Å². The molecule has 5 rings (SSSR count). The number of unbranched alkanes of at least 4 members (excludes halogenated alkanes) is 1. The highest BCUT2D eigenvalue weighted by molar-refractivity contribution is 5.99. The van der Waals surface area contributed by atoms with Crippen LogP contribution in [0, 0.1) is 23.4 Å². The number of aromatic nitrogens is 1. The van der Waals surface area contributed by atoms with Crippen molar-refractivity contribution in [3.8, 4) is 5.75 Å². The molecule has 4 atom stereocenters. The van der Waals surface area contributed by atoms with E-state index in [1.54, 1.807) is 9.47 Å². The highest BCUT2D eigenvalue weighted by Crippen LogP contribution is 2.48. The van der Waals surface area contributed by atoms with E-state index in [0.29, 0.717) is 37.3 Å². The molecule has 0 unspecified atom stereocenters. The van der Waals surface area contributed by atoms with E-state index >= 15 is 0 Å². The van der Waals surface area contributed by atoms with E-state index in [4.69, 9.17) is 14.3 Å². The van der Waals surface area contributed by atoms with E-state index in [2.05, 4.69) is 10.5 Å². The second-order valence-corrected chi connectivity index (χ2v) is 11.0. The second-order valence-electron chi connectivity index (χ2n) is 11.0. The topological polar surface area (TPSA) is 111 Å². The average Bonchev–Trinajstić information content (AvgIpc) is 3.20. The fourth-order valence-electron chi connectivity index (χ4n) is 6.02. The summed E-state index contributed by atoms with van der Waals surface area (Å²) in [5.41, 5.74) is -2.76. The smallest absolute Gasteiger partial charge is 0.274 e.